The van der Waals surface area contributed by atoms with Crippen LogP contribution in [0.1, 0.15) is 57.7 Å². The lowest BCUT2D eigenvalue weighted by Gasteiger charge is -2.20. The standard InChI is InChI=1S/C13H26N4/c1-5-7-8-11(6-2)9-12(14-3)13-10-15-17(4)16-13/h10-12,14H,5-9H2,1-4H3. The SMILES string of the molecule is CCCCC(CC)CC(NC)c1cnn(C)n1. The quantitative estimate of drug-likeness (QED) is 0.757. The van der Waals surface area contributed by atoms with Crippen LogP contribution in [0, 0.1) is 5.92 Å². The molecule has 0 bridgehead atoms. The zero-order chi connectivity index (χ0) is 12.7. The smallest absolute Gasteiger partial charge is 0.0996 e. The largest absolute Gasteiger partial charge is 0.312 e. The van der Waals surface area contributed by atoms with Gasteiger partial charge in [0.25, 0.3) is 0 Å². The van der Waals surface area contributed by atoms with Gasteiger partial charge >= 0.3 is 0 Å². The van der Waals surface area contributed by atoms with Crippen molar-refractivity contribution in [1.29, 1.82) is 0 Å². The molecule has 1 rings (SSSR count). The van der Waals surface area contributed by atoms with Gasteiger partial charge in [-0.25, -0.2) is 0 Å². The molecule has 0 aliphatic rings. The normalized spacial score (nSPS) is 14.8. The first-order chi connectivity index (χ1) is 8.21. The van der Waals surface area contributed by atoms with Gasteiger partial charge in [-0.05, 0) is 19.4 Å². The fourth-order valence-electron chi connectivity index (χ4n) is 2.22. The number of nitrogens with zero attached hydrogens (tertiary/aromatic N) is 3. The first kappa shape index (κ1) is 14.2. The van der Waals surface area contributed by atoms with Gasteiger partial charge in [0.2, 0.25) is 0 Å². The molecule has 0 saturated heterocycles. The van der Waals surface area contributed by atoms with E-state index in [0.717, 1.165) is 18.0 Å². The minimum absolute atomic E-state index is 0.338. The van der Waals surface area contributed by atoms with Crippen LogP contribution in [0.3, 0.4) is 0 Å². The molecule has 0 amide bonds. The number of hydrogen-bond donors (Lipinski definition) is 1. The Labute approximate surface area is 105 Å². The summed E-state index contributed by atoms with van der Waals surface area (Å²) in [4.78, 5) is 1.63. The minimum atomic E-state index is 0.338. The first-order valence-corrected chi connectivity index (χ1v) is 6.74. The maximum absolute atomic E-state index is 4.39. The zero-order valence-electron chi connectivity index (χ0n) is 11.6. The average molecular weight is 238 g/mol. The Morgan fingerprint density at radius 2 is 2.18 bits per heavy atom. The summed E-state index contributed by atoms with van der Waals surface area (Å²) in [5, 5.41) is 11.9. The van der Waals surface area contributed by atoms with Crippen molar-refractivity contribution in [3.8, 4) is 0 Å². The van der Waals surface area contributed by atoms with Crippen molar-refractivity contribution < 1.29 is 0 Å². The van der Waals surface area contributed by atoms with Crippen LogP contribution in [0.5, 0.6) is 0 Å². The fourth-order valence-corrected chi connectivity index (χ4v) is 2.22. The molecule has 1 N–H and O–H groups in total. The highest BCUT2D eigenvalue weighted by molar-refractivity contribution is 5.00. The molecule has 98 valence electrons. The Kier molecular flexibility index (Phi) is 6.19. The molecule has 2 atom stereocenters. The Morgan fingerprint density at radius 3 is 2.65 bits per heavy atom. The summed E-state index contributed by atoms with van der Waals surface area (Å²) in [7, 11) is 3.87. The number of nitrogens with one attached hydrogen (secondary N) is 1. The average Bonchev–Trinajstić information content (AvgIpc) is 2.76. The molecule has 1 aromatic heterocycles. The van der Waals surface area contributed by atoms with Crippen LogP contribution in [0.4, 0.5) is 0 Å². The Balaban J connectivity index is 2.55. The highest BCUT2D eigenvalue weighted by Gasteiger charge is 2.17. The van der Waals surface area contributed by atoms with E-state index in [4.69, 9.17) is 0 Å². The van der Waals surface area contributed by atoms with Crippen molar-refractivity contribution in [2.45, 2.75) is 52.0 Å². The summed E-state index contributed by atoms with van der Waals surface area (Å²) in [6.45, 7) is 4.54. The summed E-state index contributed by atoms with van der Waals surface area (Å²) < 4.78 is 0. The van der Waals surface area contributed by atoms with E-state index in [2.05, 4.69) is 29.4 Å². The molecule has 0 aliphatic heterocycles. The third-order valence-corrected chi connectivity index (χ3v) is 3.44. The van der Waals surface area contributed by atoms with Crippen LogP contribution >= 0.6 is 0 Å². The van der Waals surface area contributed by atoms with E-state index in [1.807, 2.05) is 20.3 Å². The number of hydrogen-bond acceptors (Lipinski definition) is 3. The maximum Gasteiger partial charge on any atom is 0.0996 e. The topological polar surface area (TPSA) is 42.7 Å². The molecule has 0 aromatic carbocycles. The molecule has 0 spiro atoms. The van der Waals surface area contributed by atoms with Gasteiger partial charge in [0.15, 0.2) is 0 Å². The van der Waals surface area contributed by atoms with Crippen LogP contribution < -0.4 is 5.32 Å². The van der Waals surface area contributed by atoms with Crippen LogP contribution in [0.2, 0.25) is 0 Å². The van der Waals surface area contributed by atoms with Gasteiger partial charge in [-0.15, -0.1) is 0 Å². The summed E-state index contributed by atoms with van der Waals surface area (Å²) in [5.41, 5.74) is 1.06. The highest BCUT2D eigenvalue weighted by Crippen LogP contribution is 2.25. The van der Waals surface area contributed by atoms with Gasteiger partial charge in [-0.1, -0.05) is 39.5 Å². The molecule has 2 unspecified atom stereocenters. The van der Waals surface area contributed by atoms with E-state index in [9.17, 15) is 0 Å². The van der Waals surface area contributed by atoms with E-state index in [0.29, 0.717) is 6.04 Å². The Hall–Kier alpha value is -0.900. The van der Waals surface area contributed by atoms with E-state index < -0.39 is 0 Å². The van der Waals surface area contributed by atoms with Crippen LogP contribution in [0.25, 0.3) is 0 Å². The second-order valence-corrected chi connectivity index (χ2v) is 4.75. The minimum Gasteiger partial charge on any atom is -0.312 e. The molecular weight excluding hydrogens is 212 g/mol. The summed E-state index contributed by atoms with van der Waals surface area (Å²) in [6, 6.07) is 0.338. The third-order valence-electron chi connectivity index (χ3n) is 3.44. The predicted octanol–water partition coefficient (Wildman–Crippen LogP) is 2.68. The van der Waals surface area contributed by atoms with Gasteiger partial charge in [0, 0.05) is 7.05 Å². The van der Waals surface area contributed by atoms with Crippen molar-refractivity contribution >= 4 is 0 Å². The Bertz CT molecular complexity index is 308. The molecule has 4 heteroatoms. The lowest BCUT2D eigenvalue weighted by Crippen LogP contribution is -2.20. The van der Waals surface area contributed by atoms with Crippen molar-refractivity contribution in [1.82, 2.24) is 20.3 Å². The predicted molar refractivity (Wildman–Crippen MR) is 70.7 cm³/mol. The molecule has 4 nitrogen and oxygen atoms in total. The van der Waals surface area contributed by atoms with Gasteiger partial charge in [-0.2, -0.15) is 15.0 Å². The number of unbranched alkanes of at least 4 members (excludes halogenated alkanes) is 1. The van der Waals surface area contributed by atoms with E-state index >= 15 is 0 Å². The van der Waals surface area contributed by atoms with Crippen LogP contribution in [0.15, 0.2) is 6.20 Å². The highest BCUT2D eigenvalue weighted by atomic mass is 15.4. The Morgan fingerprint density at radius 1 is 1.41 bits per heavy atom. The summed E-state index contributed by atoms with van der Waals surface area (Å²) in [6.07, 6.45) is 8.21. The van der Waals surface area contributed by atoms with Crippen molar-refractivity contribution in [3.63, 3.8) is 0 Å². The van der Waals surface area contributed by atoms with Gasteiger partial charge in [0.05, 0.1) is 17.9 Å². The lowest BCUT2D eigenvalue weighted by atomic mass is 9.91. The van der Waals surface area contributed by atoms with Gasteiger partial charge in [0.1, 0.15) is 0 Å². The molecule has 1 heterocycles. The fraction of sp³-hybridized carbons (Fsp3) is 0.846. The maximum atomic E-state index is 4.39. The van der Waals surface area contributed by atoms with E-state index in [-0.39, 0.29) is 0 Å². The molecule has 1 aromatic rings. The second-order valence-electron chi connectivity index (χ2n) is 4.75. The van der Waals surface area contributed by atoms with Crippen LogP contribution in [-0.2, 0) is 7.05 Å². The molecule has 0 saturated carbocycles. The summed E-state index contributed by atoms with van der Waals surface area (Å²) >= 11 is 0. The van der Waals surface area contributed by atoms with Gasteiger partial charge in [-0.3, -0.25) is 0 Å². The monoisotopic (exact) mass is 238 g/mol. The van der Waals surface area contributed by atoms with Crippen molar-refractivity contribution in [3.05, 3.63) is 11.9 Å². The third kappa shape index (κ3) is 4.46. The number of rotatable bonds is 8. The van der Waals surface area contributed by atoms with Crippen molar-refractivity contribution in [2.75, 3.05) is 7.05 Å². The molecule has 0 aliphatic carbocycles. The van der Waals surface area contributed by atoms with E-state index in [1.165, 1.54) is 25.7 Å². The summed E-state index contributed by atoms with van der Waals surface area (Å²) in [5.74, 6) is 0.786. The lowest BCUT2D eigenvalue weighted by molar-refractivity contribution is 0.360. The number of aryl methyl sites for hydroxylation is 1. The first-order valence-electron chi connectivity index (χ1n) is 6.74. The van der Waals surface area contributed by atoms with Gasteiger partial charge < -0.3 is 5.32 Å². The molecule has 17 heavy (non-hydrogen) atoms. The molecule has 0 fully saturated rings. The second kappa shape index (κ2) is 7.43. The van der Waals surface area contributed by atoms with Crippen LogP contribution in [-0.4, -0.2) is 22.0 Å². The van der Waals surface area contributed by atoms with E-state index in [1.54, 1.807) is 4.80 Å². The number of aromatic nitrogens is 3. The molecular formula is C13H26N4. The molecule has 0 radical (unpaired) electrons. The zero-order valence-corrected chi connectivity index (χ0v) is 11.6. The van der Waals surface area contributed by atoms with Crippen molar-refractivity contribution in [2.24, 2.45) is 13.0 Å².